The van der Waals surface area contributed by atoms with Crippen LogP contribution >= 0.6 is 0 Å². The fourth-order valence-corrected chi connectivity index (χ4v) is 3.94. The average Bonchev–Trinajstić information content (AvgIpc) is 3.23. The molecule has 1 aliphatic heterocycles. The minimum atomic E-state index is -0.298. The van der Waals surface area contributed by atoms with Crippen LogP contribution in [0, 0.1) is 12.7 Å². The number of benzene rings is 2. The van der Waals surface area contributed by atoms with Crippen LogP contribution in [0.5, 0.6) is 5.75 Å². The molecule has 5 nitrogen and oxygen atoms in total. The van der Waals surface area contributed by atoms with Gasteiger partial charge < -0.3 is 19.4 Å². The van der Waals surface area contributed by atoms with Crippen LogP contribution in [0.1, 0.15) is 42.1 Å². The summed E-state index contributed by atoms with van der Waals surface area (Å²) in [6.45, 7) is 6.32. The Kier molecular flexibility index (Phi) is 7.55. The summed E-state index contributed by atoms with van der Waals surface area (Å²) in [5, 5.41) is 0. The van der Waals surface area contributed by atoms with Crippen molar-refractivity contribution in [3.8, 4) is 5.75 Å². The van der Waals surface area contributed by atoms with E-state index in [1.807, 2.05) is 25.1 Å². The van der Waals surface area contributed by atoms with E-state index in [-0.39, 0.29) is 11.7 Å². The van der Waals surface area contributed by atoms with E-state index in [0.29, 0.717) is 29.6 Å². The highest BCUT2D eigenvalue weighted by atomic mass is 19.1. The first kappa shape index (κ1) is 23.1. The monoisotopic (exact) mass is 427 g/mol. The van der Waals surface area contributed by atoms with E-state index in [9.17, 15) is 9.18 Å². The minimum absolute atomic E-state index is 0.168. The lowest BCUT2D eigenvalue weighted by Crippen LogP contribution is -2.31. The molecule has 0 radical (unpaired) electrons. The second-order valence-electron chi connectivity index (χ2n) is 8.53. The Morgan fingerprint density at radius 1 is 1.19 bits per heavy atom. The van der Waals surface area contributed by atoms with Crippen molar-refractivity contribution in [2.45, 2.75) is 39.2 Å². The maximum absolute atomic E-state index is 14.9. The summed E-state index contributed by atoms with van der Waals surface area (Å²) in [7, 11) is 5.79. The summed E-state index contributed by atoms with van der Waals surface area (Å²) in [4.78, 5) is 18.8. The van der Waals surface area contributed by atoms with Gasteiger partial charge in [0.25, 0.3) is 5.91 Å². The molecule has 1 atom stereocenters. The summed E-state index contributed by atoms with van der Waals surface area (Å²) in [6, 6.07) is 11.0. The molecule has 1 saturated heterocycles. The number of likely N-dealkylation sites (N-methyl/N-ethyl adjacent to an activating group) is 1. The molecule has 1 fully saturated rings. The molecule has 2 aromatic rings. The molecule has 1 amide bonds. The normalized spacial score (nSPS) is 16.1. The van der Waals surface area contributed by atoms with Crippen molar-refractivity contribution in [1.82, 2.24) is 4.90 Å². The van der Waals surface area contributed by atoms with Gasteiger partial charge in [0.15, 0.2) is 0 Å². The number of hydrogen-bond donors (Lipinski definition) is 0. The van der Waals surface area contributed by atoms with Crippen LogP contribution in [0.4, 0.5) is 15.8 Å². The molecular formula is C25H34FN3O2. The third-order valence-corrected chi connectivity index (χ3v) is 6.05. The summed E-state index contributed by atoms with van der Waals surface area (Å²) < 4.78 is 20.7. The zero-order valence-electron chi connectivity index (χ0n) is 19.3. The summed E-state index contributed by atoms with van der Waals surface area (Å²) in [6.07, 6.45) is 3.09. The fourth-order valence-electron chi connectivity index (χ4n) is 3.94. The van der Waals surface area contributed by atoms with Gasteiger partial charge in [0.05, 0.1) is 12.3 Å². The summed E-state index contributed by atoms with van der Waals surface area (Å²) in [5.41, 5.74) is 2.56. The smallest absolute Gasteiger partial charge is 0.258 e. The molecule has 0 N–H and O–H groups in total. The van der Waals surface area contributed by atoms with Gasteiger partial charge in [0, 0.05) is 37.4 Å². The Hall–Kier alpha value is -2.60. The Morgan fingerprint density at radius 2 is 1.97 bits per heavy atom. The number of carbonyl (C=O) groups is 1. The van der Waals surface area contributed by atoms with E-state index < -0.39 is 0 Å². The van der Waals surface area contributed by atoms with E-state index in [1.54, 1.807) is 19.2 Å². The number of halogens is 1. The molecule has 0 aromatic heterocycles. The third-order valence-electron chi connectivity index (χ3n) is 6.05. The van der Waals surface area contributed by atoms with Crippen LogP contribution in [-0.2, 0) is 0 Å². The summed E-state index contributed by atoms with van der Waals surface area (Å²) >= 11 is 0. The zero-order chi connectivity index (χ0) is 22.5. The first-order valence-corrected chi connectivity index (χ1v) is 11.0. The maximum Gasteiger partial charge on any atom is 0.258 e. The number of rotatable bonds is 8. The molecule has 0 spiro atoms. The lowest BCUT2D eigenvalue weighted by molar-refractivity contribution is 0.0992. The quantitative estimate of drug-likeness (QED) is 0.571. The average molecular weight is 428 g/mol. The molecule has 0 saturated carbocycles. The van der Waals surface area contributed by atoms with Crippen molar-refractivity contribution in [3.05, 3.63) is 53.3 Å². The molecule has 3 rings (SSSR count). The number of nitrogens with zero attached hydrogens (tertiary/aromatic N) is 3. The molecule has 31 heavy (non-hydrogen) atoms. The van der Waals surface area contributed by atoms with Gasteiger partial charge in [-0.2, -0.15) is 0 Å². The van der Waals surface area contributed by atoms with Crippen LogP contribution in [-0.4, -0.2) is 57.7 Å². The fraction of sp³-hybridized carbons (Fsp3) is 0.480. The number of aryl methyl sites for hydroxylation is 1. The Morgan fingerprint density at radius 3 is 2.58 bits per heavy atom. The first-order valence-electron chi connectivity index (χ1n) is 11.0. The Labute approximate surface area is 185 Å². The van der Waals surface area contributed by atoms with Crippen LogP contribution in [0.2, 0.25) is 0 Å². The maximum atomic E-state index is 14.9. The predicted octanol–water partition coefficient (Wildman–Crippen LogP) is 4.73. The number of carbonyl (C=O) groups excluding carboxylic acids is 1. The molecule has 1 heterocycles. The molecule has 2 aromatic carbocycles. The Bertz CT molecular complexity index is 916. The van der Waals surface area contributed by atoms with Gasteiger partial charge in [-0.05, 0) is 75.8 Å². The number of ether oxygens (including phenoxy) is 1. The van der Waals surface area contributed by atoms with Crippen molar-refractivity contribution in [1.29, 1.82) is 0 Å². The van der Waals surface area contributed by atoms with E-state index in [1.165, 1.54) is 11.0 Å². The van der Waals surface area contributed by atoms with Gasteiger partial charge in [-0.25, -0.2) is 4.39 Å². The molecule has 0 aliphatic carbocycles. The van der Waals surface area contributed by atoms with E-state index in [0.717, 1.165) is 43.7 Å². The molecule has 1 aliphatic rings. The Balaban J connectivity index is 1.72. The molecule has 0 bridgehead atoms. The molecule has 6 heteroatoms. The number of hydrogen-bond acceptors (Lipinski definition) is 4. The van der Waals surface area contributed by atoms with Crippen molar-refractivity contribution in [2.24, 2.45) is 0 Å². The van der Waals surface area contributed by atoms with Crippen LogP contribution in [0.25, 0.3) is 0 Å². The highest BCUT2D eigenvalue weighted by Crippen LogP contribution is 2.29. The van der Waals surface area contributed by atoms with Crippen molar-refractivity contribution in [2.75, 3.05) is 50.6 Å². The van der Waals surface area contributed by atoms with Gasteiger partial charge in [-0.3, -0.25) is 4.79 Å². The van der Waals surface area contributed by atoms with E-state index in [4.69, 9.17) is 4.74 Å². The lowest BCUT2D eigenvalue weighted by Gasteiger charge is -2.24. The SMILES string of the molecule is CCCCOc1ccc(C(=O)N(C)c2ccc(N3CCC(N(C)C)C3)c(F)c2)c(C)c1. The second kappa shape index (κ2) is 10.1. The van der Waals surface area contributed by atoms with Crippen molar-refractivity contribution in [3.63, 3.8) is 0 Å². The van der Waals surface area contributed by atoms with Gasteiger partial charge in [-0.1, -0.05) is 13.3 Å². The lowest BCUT2D eigenvalue weighted by atomic mass is 10.1. The van der Waals surface area contributed by atoms with Crippen molar-refractivity contribution < 1.29 is 13.9 Å². The largest absolute Gasteiger partial charge is 0.494 e. The molecule has 168 valence electrons. The molecular weight excluding hydrogens is 393 g/mol. The highest BCUT2D eigenvalue weighted by Gasteiger charge is 2.26. The predicted molar refractivity (Wildman–Crippen MR) is 125 cm³/mol. The number of amides is 1. The van der Waals surface area contributed by atoms with Crippen LogP contribution in [0.3, 0.4) is 0 Å². The molecule has 1 unspecified atom stereocenters. The van der Waals surface area contributed by atoms with E-state index in [2.05, 4.69) is 30.8 Å². The van der Waals surface area contributed by atoms with Crippen LogP contribution in [0.15, 0.2) is 36.4 Å². The van der Waals surface area contributed by atoms with E-state index >= 15 is 0 Å². The van der Waals surface area contributed by atoms with Gasteiger partial charge in [-0.15, -0.1) is 0 Å². The first-order chi connectivity index (χ1) is 14.8. The van der Waals surface area contributed by atoms with Gasteiger partial charge in [0.2, 0.25) is 0 Å². The van der Waals surface area contributed by atoms with Gasteiger partial charge in [0.1, 0.15) is 11.6 Å². The zero-order valence-corrected chi connectivity index (χ0v) is 19.3. The summed E-state index contributed by atoms with van der Waals surface area (Å²) in [5.74, 6) is 0.300. The van der Waals surface area contributed by atoms with Gasteiger partial charge >= 0.3 is 0 Å². The second-order valence-corrected chi connectivity index (χ2v) is 8.53. The highest BCUT2D eigenvalue weighted by molar-refractivity contribution is 6.06. The standard InChI is InChI=1S/C25H34FN3O2/c1-6-7-14-31-21-9-10-22(18(2)15-21)25(30)28(5)19-8-11-24(23(26)16-19)29-13-12-20(17-29)27(3)4/h8-11,15-16,20H,6-7,12-14,17H2,1-5H3. The third kappa shape index (κ3) is 5.37. The van der Waals surface area contributed by atoms with Crippen LogP contribution < -0.4 is 14.5 Å². The van der Waals surface area contributed by atoms with Crippen molar-refractivity contribution >= 4 is 17.3 Å². The number of anilines is 2. The minimum Gasteiger partial charge on any atom is -0.494 e. The topological polar surface area (TPSA) is 36.0 Å². The number of unbranched alkanes of at least 4 members (excludes halogenated alkanes) is 1.